The summed E-state index contributed by atoms with van der Waals surface area (Å²) in [5, 5.41) is 7.42. The van der Waals surface area contributed by atoms with Crippen LogP contribution in [0.2, 0.25) is 0 Å². The molecule has 1 unspecified atom stereocenters. The quantitative estimate of drug-likeness (QED) is 0.546. The minimum absolute atomic E-state index is 0.0550. The van der Waals surface area contributed by atoms with Crippen molar-refractivity contribution in [1.29, 1.82) is 0 Å². The number of nitrogens with one attached hydrogen (secondary N) is 1. The van der Waals surface area contributed by atoms with Crippen LogP contribution in [-0.2, 0) is 4.79 Å². The summed E-state index contributed by atoms with van der Waals surface area (Å²) in [6, 6.07) is 17.8. The van der Waals surface area contributed by atoms with Crippen molar-refractivity contribution in [3.8, 4) is 5.69 Å². The molecule has 32 heavy (non-hydrogen) atoms. The van der Waals surface area contributed by atoms with Crippen molar-refractivity contribution < 1.29 is 9.59 Å². The maximum absolute atomic E-state index is 13.1. The standard InChI is InChI=1S/C25H27BrN4O2/c1-2-23(18-6-4-3-5-7-18)25(32)29-14-12-21(13-15-29)28-24(31)19-16-27-30(17-19)22-10-8-20(26)9-11-22/h3-11,16-17,21,23H,2,12-15H2,1H3,(H,28,31). The number of carbonyl (C=O) groups is 2. The van der Waals surface area contributed by atoms with E-state index >= 15 is 0 Å². The van der Waals surface area contributed by atoms with E-state index in [9.17, 15) is 9.59 Å². The Hall–Kier alpha value is -2.93. The van der Waals surface area contributed by atoms with Gasteiger partial charge >= 0.3 is 0 Å². The molecule has 1 aromatic heterocycles. The summed E-state index contributed by atoms with van der Waals surface area (Å²) in [7, 11) is 0. The van der Waals surface area contributed by atoms with Gasteiger partial charge in [0.25, 0.3) is 5.91 Å². The zero-order chi connectivity index (χ0) is 22.5. The maximum atomic E-state index is 13.1. The molecule has 166 valence electrons. The fraction of sp³-hybridized carbons (Fsp3) is 0.320. The number of piperidine rings is 1. The van der Waals surface area contributed by atoms with Crippen molar-refractivity contribution in [3.63, 3.8) is 0 Å². The summed E-state index contributed by atoms with van der Waals surface area (Å²) in [4.78, 5) is 27.7. The fourth-order valence-corrected chi connectivity index (χ4v) is 4.41. The van der Waals surface area contributed by atoms with Gasteiger partial charge in [-0.15, -0.1) is 0 Å². The predicted molar refractivity (Wildman–Crippen MR) is 128 cm³/mol. The molecule has 2 aromatic carbocycles. The van der Waals surface area contributed by atoms with E-state index in [4.69, 9.17) is 0 Å². The van der Waals surface area contributed by atoms with Gasteiger partial charge in [0.15, 0.2) is 0 Å². The van der Waals surface area contributed by atoms with E-state index in [1.807, 2.05) is 59.5 Å². The van der Waals surface area contributed by atoms with E-state index in [1.54, 1.807) is 17.1 Å². The molecule has 4 rings (SSSR count). The van der Waals surface area contributed by atoms with Crippen LogP contribution < -0.4 is 5.32 Å². The van der Waals surface area contributed by atoms with E-state index in [0.29, 0.717) is 18.7 Å². The molecule has 6 nitrogen and oxygen atoms in total. The van der Waals surface area contributed by atoms with Crippen LogP contribution in [0.3, 0.4) is 0 Å². The number of halogens is 1. The third kappa shape index (κ3) is 5.10. The first-order valence-corrected chi connectivity index (χ1v) is 11.8. The molecule has 2 amide bonds. The van der Waals surface area contributed by atoms with Crippen molar-refractivity contribution in [2.75, 3.05) is 13.1 Å². The van der Waals surface area contributed by atoms with E-state index in [1.165, 1.54) is 0 Å². The van der Waals surface area contributed by atoms with Crippen molar-refractivity contribution in [2.45, 2.75) is 38.1 Å². The summed E-state index contributed by atoms with van der Waals surface area (Å²) < 4.78 is 2.68. The number of aromatic nitrogens is 2. The van der Waals surface area contributed by atoms with E-state index < -0.39 is 0 Å². The molecule has 1 N–H and O–H groups in total. The highest BCUT2D eigenvalue weighted by Gasteiger charge is 2.29. The minimum Gasteiger partial charge on any atom is -0.349 e. The molecule has 0 bridgehead atoms. The van der Waals surface area contributed by atoms with Gasteiger partial charge in [0.2, 0.25) is 5.91 Å². The molecule has 0 aliphatic carbocycles. The summed E-state index contributed by atoms with van der Waals surface area (Å²) in [6.45, 7) is 3.37. The lowest BCUT2D eigenvalue weighted by atomic mass is 9.93. The topological polar surface area (TPSA) is 67.2 Å². The molecular formula is C25H27BrN4O2. The highest BCUT2D eigenvalue weighted by molar-refractivity contribution is 9.10. The van der Waals surface area contributed by atoms with Crippen molar-refractivity contribution in [1.82, 2.24) is 20.0 Å². The third-order valence-electron chi connectivity index (χ3n) is 5.99. The number of nitrogens with zero attached hydrogens (tertiary/aromatic N) is 3. The Labute approximate surface area is 196 Å². The number of amides is 2. The Morgan fingerprint density at radius 2 is 1.78 bits per heavy atom. The van der Waals surface area contributed by atoms with Gasteiger partial charge in [-0.05, 0) is 49.1 Å². The number of benzene rings is 2. The summed E-state index contributed by atoms with van der Waals surface area (Å²) in [6.07, 6.45) is 5.61. The Balaban J connectivity index is 1.31. The first kappa shape index (κ1) is 22.3. The maximum Gasteiger partial charge on any atom is 0.254 e. The summed E-state index contributed by atoms with van der Waals surface area (Å²) in [5.41, 5.74) is 2.49. The number of rotatable bonds is 6. The molecule has 2 heterocycles. The second-order valence-corrected chi connectivity index (χ2v) is 9.01. The summed E-state index contributed by atoms with van der Waals surface area (Å²) >= 11 is 3.42. The SMILES string of the molecule is CCC(C(=O)N1CCC(NC(=O)c2cnn(-c3ccc(Br)cc3)c2)CC1)c1ccccc1. The average molecular weight is 495 g/mol. The molecule has 1 aliphatic rings. The second-order valence-electron chi connectivity index (χ2n) is 8.09. The first-order chi connectivity index (χ1) is 15.5. The van der Waals surface area contributed by atoms with Crippen LogP contribution in [0, 0.1) is 0 Å². The van der Waals surface area contributed by atoms with Gasteiger partial charge in [-0.3, -0.25) is 9.59 Å². The van der Waals surface area contributed by atoms with Crippen LogP contribution in [0.1, 0.15) is 48.0 Å². The fourth-order valence-electron chi connectivity index (χ4n) is 4.15. The van der Waals surface area contributed by atoms with Crippen LogP contribution in [0.4, 0.5) is 0 Å². The second kappa shape index (κ2) is 10.1. The number of hydrogen-bond donors (Lipinski definition) is 1. The highest BCUT2D eigenvalue weighted by atomic mass is 79.9. The molecule has 1 atom stereocenters. The van der Waals surface area contributed by atoms with Crippen molar-refractivity contribution in [2.24, 2.45) is 0 Å². The molecule has 1 aliphatic heterocycles. The van der Waals surface area contributed by atoms with Gasteiger partial charge in [0.05, 0.1) is 23.4 Å². The summed E-state index contributed by atoms with van der Waals surface area (Å²) in [5.74, 6) is -0.0556. The Morgan fingerprint density at radius 1 is 1.09 bits per heavy atom. The molecule has 7 heteroatoms. The molecule has 3 aromatic rings. The molecule has 0 spiro atoms. The van der Waals surface area contributed by atoms with E-state index in [0.717, 1.165) is 35.0 Å². The molecule has 0 saturated carbocycles. The van der Waals surface area contributed by atoms with Crippen LogP contribution in [0.5, 0.6) is 0 Å². The van der Waals surface area contributed by atoms with Crippen LogP contribution in [0.15, 0.2) is 71.5 Å². The normalized spacial score (nSPS) is 15.4. The van der Waals surface area contributed by atoms with Crippen molar-refractivity contribution >= 4 is 27.7 Å². The molecule has 0 radical (unpaired) electrons. The van der Waals surface area contributed by atoms with Gasteiger partial charge in [0, 0.05) is 29.8 Å². The lowest BCUT2D eigenvalue weighted by Gasteiger charge is -2.34. The predicted octanol–water partition coefficient (Wildman–Crippen LogP) is 4.55. The number of carbonyl (C=O) groups excluding carboxylic acids is 2. The highest BCUT2D eigenvalue weighted by Crippen LogP contribution is 2.24. The number of hydrogen-bond acceptors (Lipinski definition) is 3. The van der Waals surface area contributed by atoms with E-state index in [2.05, 4.69) is 33.3 Å². The van der Waals surface area contributed by atoms with Crippen molar-refractivity contribution in [3.05, 3.63) is 82.6 Å². The lowest BCUT2D eigenvalue weighted by Crippen LogP contribution is -2.47. The largest absolute Gasteiger partial charge is 0.349 e. The van der Waals surface area contributed by atoms with Crippen LogP contribution in [0.25, 0.3) is 5.69 Å². The van der Waals surface area contributed by atoms with Crippen LogP contribution >= 0.6 is 15.9 Å². The van der Waals surface area contributed by atoms with Gasteiger partial charge < -0.3 is 10.2 Å². The average Bonchev–Trinajstić information content (AvgIpc) is 3.32. The van der Waals surface area contributed by atoms with Gasteiger partial charge in [0.1, 0.15) is 0 Å². The van der Waals surface area contributed by atoms with Gasteiger partial charge in [-0.1, -0.05) is 53.2 Å². The van der Waals surface area contributed by atoms with Gasteiger partial charge in [-0.25, -0.2) is 4.68 Å². The zero-order valence-corrected chi connectivity index (χ0v) is 19.7. The Morgan fingerprint density at radius 3 is 2.44 bits per heavy atom. The lowest BCUT2D eigenvalue weighted by molar-refractivity contribution is -0.134. The molecular weight excluding hydrogens is 468 g/mol. The minimum atomic E-state index is -0.131. The zero-order valence-electron chi connectivity index (χ0n) is 18.1. The Kier molecular flexibility index (Phi) is 7.05. The van der Waals surface area contributed by atoms with Crippen LogP contribution in [-0.4, -0.2) is 45.6 Å². The third-order valence-corrected chi connectivity index (χ3v) is 6.51. The molecule has 1 fully saturated rings. The first-order valence-electron chi connectivity index (χ1n) is 11.0. The smallest absolute Gasteiger partial charge is 0.254 e. The van der Waals surface area contributed by atoms with E-state index in [-0.39, 0.29) is 23.8 Å². The molecule has 1 saturated heterocycles. The number of likely N-dealkylation sites (tertiary alicyclic amines) is 1. The monoisotopic (exact) mass is 494 g/mol. The van der Waals surface area contributed by atoms with Gasteiger partial charge in [-0.2, -0.15) is 5.10 Å². The Bertz CT molecular complexity index is 1060.